The van der Waals surface area contributed by atoms with Crippen molar-refractivity contribution >= 4 is 17.3 Å². The highest BCUT2D eigenvalue weighted by molar-refractivity contribution is 6.00. The largest absolute Gasteiger partial charge is 0.508 e. The van der Waals surface area contributed by atoms with E-state index < -0.39 is 17.8 Å². The molecule has 7 heteroatoms. The van der Waals surface area contributed by atoms with Crippen LogP contribution in [-0.2, 0) is 11.2 Å². The van der Waals surface area contributed by atoms with Crippen molar-refractivity contribution in [2.24, 2.45) is 34.6 Å². The number of carbonyl (C=O) groups excluding carboxylic acids is 2. The highest BCUT2D eigenvalue weighted by atomic mass is 19.4. The molecule has 6 rings (SSSR count). The van der Waals surface area contributed by atoms with Crippen molar-refractivity contribution in [3.63, 3.8) is 0 Å². The first-order valence-corrected chi connectivity index (χ1v) is 17.0. The van der Waals surface area contributed by atoms with Crippen LogP contribution in [0.4, 0.5) is 13.2 Å². The summed E-state index contributed by atoms with van der Waals surface area (Å²) in [5.74, 6) is 1.02. The fourth-order valence-electron chi connectivity index (χ4n) is 8.07. The topological polar surface area (TPSA) is 66.7 Å². The van der Waals surface area contributed by atoms with Gasteiger partial charge in [-0.1, -0.05) is 62.8 Å². The summed E-state index contributed by atoms with van der Waals surface area (Å²) < 4.78 is 41.4. The Labute approximate surface area is 275 Å². The van der Waals surface area contributed by atoms with Gasteiger partial charge in [-0.2, -0.15) is 13.2 Å². The number of aliphatic imine (C=N–C) groups is 1. The Balaban J connectivity index is 1.23. The normalized spacial score (nSPS) is 28.5. The van der Waals surface area contributed by atoms with Crippen molar-refractivity contribution in [2.75, 3.05) is 0 Å². The van der Waals surface area contributed by atoms with Gasteiger partial charge in [0.05, 0.1) is 11.6 Å². The Bertz CT molecular complexity index is 1680. The molecule has 0 aromatic heterocycles. The van der Waals surface area contributed by atoms with Crippen LogP contribution in [0.3, 0.4) is 0 Å². The lowest BCUT2D eigenvalue weighted by atomic mass is 9.71. The number of aryl methyl sites for hydroxylation is 1. The summed E-state index contributed by atoms with van der Waals surface area (Å²) in [6.07, 6.45) is 5.01. The molecule has 2 aromatic rings. The maximum absolute atomic E-state index is 14.2. The summed E-state index contributed by atoms with van der Waals surface area (Å²) in [5.41, 5.74) is 4.60. The molecule has 0 radical (unpaired) electrons. The Morgan fingerprint density at radius 3 is 2.32 bits per heavy atom. The molecule has 7 unspecified atom stereocenters. The summed E-state index contributed by atoms with van der Waals surface area (Å²) in [6, 6.07) is 12.3. The molecule has 0 saturated heterocycles. The molecule has 1 heterocycles. The highest BCUT2D eigenvalue weighted by Gasteiger charge is 2.45. The number of nitrogens with zero attached hydrogens (tertiary/aromatic N) is 1. The van der Waals surface area contributed by atoms with Crippen molar-refractivity contribution in [3.8, 4) is 5.75 Å². The van der Waals surface area contributed by atoms with Crippen molar-refractivity contribution < 1.29 is 27.9 Å². The van der Waals surface area contributed by atoms with Crippen molar-refractivity contribution in [1.29, 1.82) is 0 Å². The molecule has 248 valence electrons. The van der Waals surface area contributed by atoms with Gasteiger partial charge in [-0.15, -0.1) is 0 Å². The number of alkyl halides is 3. The molecule has 1 N–H and O–H groups in total. The number of hydrogen-bond donors (Lipinski definition) is 1. The third-order valence-corrected chi connectivity index (χ3v) is 11.0. The standard InChI is InChI=1S/C40H44F3NO3/c1-22-10-11-28(22)19-38(47)34-21-30(45)13-24(3)39(34)32-18-29(32)20-37(46)33-16-27(17-36-35(40(41,42)43)14-25(4)44-36)12-23(2)31(33)15-26-8-6-5-7-9-26/h5-9,12-14,16,21-23,28-29,31-32,36,45H,10-11,15,17-20H2,1-4H3. The molecule has 2 aromatic carbocycles. The lowest BCUT2D eigenvalue weighted by Gasteiger charge is -2.33. The van der Waals surface area contributed by atoms with E-state index in [1.54, 1.807) is 19.1 Å². The summed E-state index contributed by atoms with van der Waals surface area (Å²) in [4.78, 5) is 32.0. The van der Waals surface area contributed by atoms with Crippen LogP contribution in [0.2, 0.25) is 0 Å². The van der Waals surface area contributed by atoms with Gasteiger partial charge in [0.25, 0.3) is 0 Å². The van der Waals surface area contributed by atoms with Crippen LogP contribution < -0.4 is 0 Å². The van der Waals surface area contributed by atoms with Gasteiger partial charge in [-0.25, -0.2) is 0 Å². The number of carbonyl (C=O) groups is 2. The van der Waals surface area contributed by atoms with Gasteiger partial charge < -0.3 is 5.11 Å². The fraction of sp³-hybridized carbons (Fsp3) is 0.475. The zero-order chi connectivity index (χ0) is 33.6. The molecule has 0 bridgehead atoms. The monoisotopic (exact) mass is 643 g/mol. The Morgan fingerprint density at radius 2 is 1.66 bits per heavy atom. The SMILES string of the molecule is CC1=NC(CC2=CC(C)C(Cc3ccccc3)C(C(=O)CC3CC3c3c(C)cc(O)cc3C(=O)CC3CCC3C)=C2)C(C(F)(F)F)=C1. The lowest BCUT2D eigenvalue weighted by Crippen LogP contribution is -2.26. The zero-order valence-electron chi connectivity index (χ0n) is 27.6. The predicted molar refractivity (Wildman–Crippen MR) is 179 cm³/mol. The number of hydrogen-bond acceptors (Lipinski definition) is 4. The van der Waals surface area contributed by atoms with Crippen molar-refractivity contribution in [3.05, 3.63) is 99.7 Å². The quantitative estimate of drug-likeness (QED) is 0.248. The van der Waals surface area contributed by atoms with Crippen LogP contribution in [0.25, 0.3) is 0 Å². The zero-order valence-corrected chi connectivity index (χ0v) is 27.6. The smallest absolute Gasteiger partial charge is 0.414 e. The number of ketones is 2. The molecule has 1 aliphatic heterocycles. The first kappa shape index (κ1) is 33.2. The minimum Gasteiger partial charge on any atom is -0.508 e. The van der Waals surface area contributed by atoms with E-state index in [-0.39, 0.29) is 47.4 Å². The second-order valence-electron chi connectivity index (χ2n) is 14.5. The van der Waals surface area contributed by atoms with E-state index in [2.05, 4.69) is 11.9 Å². The van der Waals surface area contributed by atoms with Gasteiger partial charge in [0.1, 0.15) is 5.75 Å². The molecule has 2 fully saturated rings. The molecule has 4 nitrogen and oxygen atoms in total. The van der Waals surface area contributed by atoms with E-state index in [0.717, 1.165) is 42.0 Å². The molecule has 4 aliphatic rings. The highest BCUT2D eigenvalue weighted by Crippen LogP contribution is 2.53. The van der Waals surface area contributed by atoms with E-state index in [1.165, 1.54) is 0 Å². The molecule has 2 saturated carbocycles. The minimum absolute atomic E-state index is 0.0150. The van der Waals surface area contributed by atoms with Crippen LogP contribution in [0.1, 0.15) is 92.3 Å². The third-order valence-electron chi connectivity index (χ3n) is 11.0. The Kier molecular flexibility index (Phi) is 9.21. The molecule has 7 atom stereocenters. The van der Waals surface area contributed by atoms with Crippen molar-refractivity contribution in [1.82, 2.24) is 0 Å². The van der Waals surface area contributed by atoms with Crippen molar-refractivity contribution in [2.45, 2.75) is 90.8 Å². The molecule has 0 spiro atoms. The maximum Gasteiger partial charge on any atom is 0.414 e. The molecule has 3 aliphatic carbocycles. The van der Waals surface area contributed by atoms with Crippen LogP contribution in [0.15, 0.2) is 82.4 Å². The minimum atomic E-state index is -4.46. The average molecular weight is 644 g/mol. The van der Waals surface area contributed by atoms with Gasteiger partial charge >= 0.3 is 6.18 Å². The van der Waals surface area contributed by atoms with Gasteiger partial charge in [0.15, 0.2) is 11.6 Å². The lowest BCUT2D eigenvalue weighted by molar-refractivity contribution is -0.116. The summed E-state index contributed by atoms with van der Waals surface area (Å²) >= 11 is 0. The molecule has 47 heavy (non-hydrogen) atoms. The summed E-state index contributed by atoms with van der Waals surface area (Å²) in [7, 11) is 0. The van der Waals surface area contributed by atoms with E-state index in [1.807, 2.05) is 56.3 Å². The van der Waals surface area contributed by atoms with Gasteiger partial charge in [-0.3, -0.25) is 14.6 Å². The van der Waals surface area contributed by atoms with E-state index in [4.69, 9.17) is 0 Å². The first-order valence-electron chi connectivity index (χ1n) is 17.0. The Morgan fingerprint density at radius 1 is 0.936 bits per heavy atom. The number of phenolic OH excluding ortho intramolecular Hbond substituents is 1. The van der Waals surface area contributed by atoms with Crippen LogP contribution in [0.5, 0.6) is 5.75 Å². The van der Waals surface area contributed by atoms with Crippen LogP contribution in [-0.4, -0.2) is 34.6 Å². The number of Topliss-reactive ketones (excluding diaryl/α,β-unsaturated/α-hetero) is 2. The second-order valence-corrected chi connectivity index (χ2v) is 14.5. The maximum atomic E-state index is 14.2. The van der Waals surface area contributed by atoms with Gasteiger partial charge in [0, 0.05) is 24.1 Å². The Hall–Kier alpha value is -3.74. The van der Waals surface area contributed by atoms with Crippen LogP contribution >= 0.6 is 0 Å². The number of allylic oxidation sites excluding steroid dienone is 4. The number of rotatable bonds is 11. The van der Waals surface area contributed by atoms with Gasteiger partial charge in [-0.05, 0) is 121 Å². The molecule has 0 amide bonds. The predicted octanol–water partition coefficient (Wildman–Crippen LogP) is 9.47. The average Bonchev–Trinajstić information content (AvgIpc) is 3.64. The number of aromatic hydroxyl groups is 1. The van der Waals surface area contributed by atoms with E-state index in [9.17, 15) is 27.9 Å². The first-order chi connectivity index (χ1) is 22.3. The fourth-order valence-corrected chi connectivity index (χ4v) is 8.07. The number of benzene rings is 2. The number of halogens is 3. The van der Waals surface area contributed by atoms with E-state index >= 15 is 0 Å². The van der Waals surface area contributed by atoms with E-state index in [0.29, 0.717) is 53.5 Å². The third kappa shape index (κ3) is 7.24. The van der Waals surface area contributed by atoms with Gasteiger partial charge in [0.2, 0.25) is 0 Å². The number of phenols is 1. The molecular formula is C40H44F3NO3. The summed E-state index contributed by atoms with van der Waals surface area (Å²) in [6.45, 7) is 7.72. The van der Waals surface area contributed by atoms with Crippen LogP contribution in [0, 0.1) is 36.5 Å². The molecular weight excluding hydrogens is 599 g/mol. The second kappa shape index (κ2) is 13.0. The summed E-state index contributed by atoms with van der Waals surface area (Å²) in [5, 5.41) is 10.4.